The molecule has 0 aliphatic carbocycles. The SMILES string of the molecule is Cc1c(N)nc(-c2nccc3ccccc23)[nH]c1=O. The third-order valence-corrected chi connectivity index (χ3v) is 3.09. The van der Waals surface area contributed by atoms with Crippen molar-refractivity contribution < 1.29 is 0 Å². The second-order valence-electron chi connectivity index (χ2n) is 4.31. The van der Waals surface area contributed by atoms with E-state index in [1.807, 2.05) is 30.3 Å². The van der Waals surface area contributed by atoms with Crippen LogP contribution in [0.3, 0.4) is 0 Å². The minimum absolute atomic E-state index is 0.230. The van der Waals surface area contributed by atoms with E-state index < -0.39 is 0 Å². The van der Waals surface area contributed by atoms with E-state index in [0.29, 0.717) is 17.1 Å². The van der Waals surface area contributed by atoms with Crippen LogP contribution in [0.2, 0.25) is 0 Å². The number of hydrogen-bond donors (Lipinski definition) is 2. The minimum atomic E-state index is -0.239. The summed E-state index contributed by atoms with van der Waals surface area (Å²) in [4.78, 5) is 23.0. The maximum atomic E-state index is 11.8. The van der Waals surface area contributed by atoms with Crippen molar-refractivity contribution in [3.63, 3.8) is 0 Å². The number of fused-ring (bicyclic) bond motifs is 1. The molecule has 0 saturated carbocycles. The minimum Gasteiger partial charge on any atom is -0.383 e. The predicted molar refractivity (Wildman–Crippen MR) is 74.7 cm³/mol. The fraction of sp³-hybridized carbons (Fsp3) is 0.0714. The van der Waals surface area contributed by atoms with E-state index in [0.717, 1.165) is 10.8 Å². The lowest BCUT2D eigenvalue weighted by molar-refractivity contribution is 1.08. The van der Waals surface area contributed by atoms with Crippen LogP contribution in [0.25, 0.3) is 22.3 Å². The van der Waals surface area contributed by atoms with Crippen LogP contribution in [0.1, 0.15) is 5.56 Å². The molecule has 94 valence electrons. The third kappa shape index (κ3) is 1.85. The number of hydrogen-bond acceptors (Lipinski definition) is 4. The summed E-state index contributed by atoms with van der Waals surface area (Å²) < 4.78 is 0. The highest BCUT2D eigenvalue weighted by Gasteiger charge is 2.10. The van der Waals surface area contributed by atoms with Gasteiger partial charge in [-0.25, -0.2) is 4.98 Å². The lowest BCUT2D eigenvalue weighted by Gasteiger charge is -2.06. The maximum Gasteiger partial charge on any atom is 0.256 e. The zero-order valence-corrected chi connectivity index (χ0v) is 10.3. The van der Waals surface area contributed by atoms with E-state index in [9.17, 15) is 4.79 Å². The zero-order valence-electron chi connectivity index (χ0n) is 10.3. The summed E-state index contributed by atoms with van der Waals surface area (Å²) in [7, 11) is 0. The molecule has 1 aromatic carbocycles. The first-order valence-corrected chi connectivity index (χ1v) is 5.87. The lowest BCUT2D eigenvalue weighted by atomic mass is 10.1. The molecule has 0 saturated heterocycles. The smallest absolute Gasteiger partial charge is 0.256 e. The van der Waals surface area contributed by atoms with Crippen LogP contribution in [-0.2, 0) is 0 Å². The number of benzene rings is 1. The maximum absolute atomic E-state index is 11.8. The number of anilines is 1. The van der Waals surface area contributed by atoms with Gasteiger partial charge in [-0.2, -0.15) is 0 Å². The molecule has 0 unspecified atom stereocenters. The number of nitrogens with one attached hydrogen (secondary N) is 1. The summed E-state index contributed by atoms with van der Waals surface area (Å²) in [6.45, 7) is 1.64. The van der Waals surface area contributed by atoms with Gasteiger partial charge in [0.25, 0.3) is 5.56 Å². The van der Waals surface area contributed by atoms with Gasteiger partial charge < -0.3 is 10.7 Å². The average molecular weight is 252 g/mol. The quantitative estimate of drug-likeness (QED) is 0.692. The number of aromatic amines is 1. The molecule has 0 spiro atoms. The van der Waals surface area contributed by atoms with E-state index in [2.05, 4.69) is 15.0 Å². The third-order valence-electron chi connectivity index (χ3n) is 3.09. The van der Waals surface area contributed by atoms with Gasteiger partial charge in [0.2, 0.25) is 0 Å². The molecule has 0 aliphatic heterocycles. The second-order valence-corrected chi connectivity index (χ2v) is 4.31. The Morgan fingerprint density at radius 1 is 1.21 bits per heavy atom. The molecule has 2 aromatic heterocycles. The summed E-state index contributed by atoms with van der Waals surface area (Å²) >= 11 is 0. The number of rotatable bonds is 1. The number of aromatic nitrogens is 3. The second kappa shape index (κ2) is 4.20. The highest BCUT2D eigenvalue weighted by Crippen LogP contribution is 2.23. The molecule has 3 aromatic rings. The van der Waals surface area contributed by atoms with Crippen molar-refractivity contribution >= 4 is 16.6 Å². The number of nitrogen functional groups attached to an aromatic ring is 1. The van der Waals surface area contributed by atoms with Crippen LogP contribution in [0, 0.1) is 6.92 Å². The fourth-order valence-electron chi connectivity index (χ4n) is 1.97. The average Bonchev–Trinajstić information content (AvgIpc) is 2.43. The van der Waals surface area contributed by atoms with Gasteiger partial charge in [-0.15, -0.1) is 0 Å². The molecule has 3 N–H and O–H groups in total. The summed E-state index contributed by atoms with van der Waals surface area (Å²) in [6.07, 6.45) is 1.69. The summed E-state index contributed by atoms with van der Waals surface area (Å²) in [5, 5.41) is 1.96. The molecule has 0 aliphatic rings. The van der Waals surface area contributed by atoms with Crippen molar-refractivity contribution in [1.82, 2.24) is 15.0 Å². The summed E-state index contributed by atoms with van der Waals surface area (Å²) in [5.41, 5.74) is 6.55. The van der Waals surface area contributed by atoms with Crippen molar-refractivity contribution in [2.24, 2.45) is 0 Å². The number of nitrogens with two attached hydrogens (primary N) is 1. The van der Waals surface area contributed by atoms with Gasteiger partial charge in [0.15, 0.2) is 5.82 Å². The molecule has 5 nitrogen and oxygen atoms in total. The van der Waals surface area contributed by atoms with Crippen LogP contribution in [-0.4, -0.2) is 15.0 Å². The highest BCUT2D eigenvalue weighted by atomic mass is 16.1. The van der Waals surface area contributed by atoms with Crippen LogP contribution in [0.5, 0.6) is 0 Å². The Balaban J connectivity index is 2.34. The van der Waals surface area contributed by atoms with E-state index >= 15 is 0 Å². The first-order valence-electron chi connectivity index (χ1n) is 5.87. The van der Waals surface area contributed by atoms with Crippen LogP contribution < -0.4 is 11.3 Å². The monoisotopic (exact) mass is 252 g/mol. The number of pyridine rings is 1. The summed E-state index contributed by atoms with van der Waals surface area (Å²) in [5.74, 6) is 0.624. The van der Waals surface area contributed by atoms with E-state index in [1.54, 1.807) is 13.1 Å². The van der Waals surface area contributed by atoms with Crippen LogP contribution >= 0.6 is 0 Å². The molecule has 0 radical (unpaired) electrons. The molecule has 19 heavy (non-hydrogen) atoms. The van der Waals surface area contributed by atoms with Gasteiger partial charge in [-0.05, 0) is 18.4 Å². The topological polar surface area (TPSA) is 84.7 Å². The molecule has 5 heteroatoms. The number of nitrogens with zero attached hydrogens (tertiary/aromatic N) is 2. The van der Waals surface area contributed by atoms with E-state index in [-0.39, 0.29) is 11.4 Å². The van der Waals surface area contributed by atoms with Crippen molar-refractivity contribution in [2.75, 3.05) is 5.73 Å². The Morgan fingerprint density at radius 3 is 2.79 bits per heavy atom. The van der Waals surface area contributed by atoms with Gasteiger partial charge in [0, 0.05) is 11.6 Å². The Bertz CT molecular complexity index is 818. The highest BCUT2D eigenvalue weighted by molar-refractivity contribution is 5.92. The molecular weight excluding hydrogens is 240 g/mol. The molecule has 3 rings (SSSR count). The predicted octanol–water partition coefficient (Wildman–Crippen LogP) is 1.88. The summed E-state index contributed by atoms with van der Waals surface area (Å²) in [6, 6.07) is 9.70. The fourth-order valence-corrected chi connectivity index (χ4v) is 1.97. The van der Waals surface area contributed by atoms with Gasteiger partial charge in [-0.3, -0.25) is 9.78 Å². The van der Waals surface area contributed by atoms with Crippen molar-refractivity contribution in [3.05, 3.63) is 52.4 Å². The van der Waals surface area contributed by atoms with Crippen molar-refractivity contribution in [1.29, 1.82) is 0 Å². The largest absolute Gasteiger partial charge is 0.383 e. The first kappa shape index (κ1) is 11.4. The normalized spacial score (nSPS) is 10.8. The van der Waals surface area contributed by atoms with Crippen molar-refractivity contribution in [3.8, 4) is 11.5 Å². The Labute approximate surface area is 109 Å². The van der Waals surface area contributed by atoms with Crippen LogP contribution in [0.4, 0.5) is 5.82 Å². The first-order chi connectivity index (χ1) is 9.16. The van der Waals surface area contributed by atoms with E-state index in [1.165, 1.54) is 0 Å². The molecular formula is C14H12N4O. The Hall–Kier alpha value is -2.69. The molecule has 0 atom stereocenters. The number of H-pyrrole nitrogens is 1. The molecule has 0 fully saturated rings. The Kier molecular flexibility index (Phi) is 2.52. The van der Waals surface area contributed by atoms with Crippen LogP contribution in [0.15, 0.2) is 41.3 Å². The Morgan fingerprint density at radius 2 is 2.00 bits per heavy atom. The standard InChI is InChI=1S/C14H12N4O/c1-8-12(15)17-13(18-14(8)19)11-10-5-3-2-4-9(10)6-7-16-11/h2-7H,1H3,(H3,15,17,18,19). The lowest BCUT2D eigenvalue weighted by Crippen LogP contribution is -2.15. The van der Waals surface area contributed by atoms with Crippen molar-refractivity contribution in [2.45, 2.75) is 6.92 Å². The van der Waals surface area contributed by atoms with E-state index in [4.69, 9.17) is 5.73 Å². The van der Waals surface area contributed by atoms with Gasteiger partial charge in [0.05, 0.1) is 5.56 Å². The molecule has 2 heterocycles. The molecule has 0 bridgehead atoms. The zero-order chi connectivity index (χ0) is 13.4. The van der Waals surface area contributed by atoms with Gasteiger partial charge in [0.1, 0.15) is 11.5 Å². The molecule has 0 amide bonds. The van der Waals surface area contributed by atoms with Gasteiger partial charge >= 0.3 is 0 Å². The van der Waals surface area contributed by atoms with Gasteiger partial charge in [-0.1, -0.05) is 24.3 Å².